The van der Waals surface area contributed by atoms with E-state index < -0.39 is 0 Å². The molecule has 0 amide bonds. The molecule has 13 heavy (non-hydrogen) atoms. The van der Waals surface area contributed by atoms with Gasteiger partial charge in [0.05, 0.1) is 13.5 Å². The number of epoxide rings is 1. The van der Waals surface area contributed by atoms with Crippen LogP contribution in [0.5, 0.6) is 0 Å². The van der Waals surface area contributed by atoms with Gasteiger partial charge in [0.15, 0.2) is 0 Å². The van der Waals surface area contributed by atoms with E-state index in [1.807, 2.05) is 13.8 Å². The Bertz CT molecular complexity index is 295. The highest BCUT2D eigenvalue weighted by Gasteiger charge is 2.70. The molecule has 0 spiro atoms. The standard InChI is InChI=1S/C10H14O3/c1-7-4-5-10(6-8(11)12-3)9(7,2)13-10/h4H,5-6H2,1-3H3. The summed E-state index contributed by atoms with van der Waals surface area (Å²) in [6, 6.07) is 0. The van der Waals surface area contributed by atoms with Crippen LogP contribution in [0.2, 0.25) is 0 Å². The van der Waals surface area contributed by atoms with E-state index in [0.717, 1.165) is 6.42 Å². The molecule has 1 aliphatic heterocycles. The monoisotopic (exact) mass is 182 g/mol. The molecule has 72 valence electrons. The molecule has 0 aromatic carbocycles. The van der Waals surface area contributed by atoms with Gasteiger partial charge in [0.25, 0.3) is 0 Å². The van der Waals surface area contributed by atoms with Crippen LogP contribution < -0.4 is 0 Å². The van der Waals surface area contributed by atoms with Gasteiger partial charge < -0.3 is 9.47 Å². The summed E-state index contributed by atoms with van der Waals surface area (Å²) >= 11 is 0. The second kappa shape index (κ2) is 2.35. The summed E-state index contributed by atoms with van der Waals surface area (Å²) in [4.78, 5) is 11.1. The molecule has 2 rings (SSSR count). The van der Waals surface area contributed by atoms with Gasteiger partial charge in [0, 0.05) is 0 Å². The van der Waals surface area contributed by atoms with Gasteiger partial charge in [-0.15, -0.1) is 0 Å². The molecule has 0 radical (unpaired) electrons. The topological polar surface area (TPSA) is 38.8 Å². The normalized spacial score (nSPS) is 41.0. The molecule has 2 unspecified atom stereocenters. The first-order valence-corrected chi connectivity index (χ1v) is 4.48. The Balaban J connectivity index is 2.09. The maximum Gasteiger partial charge on any atom is 0.308 e. The summed E-state index contributed by atoms with van der Waals surface area (Å²) in [6.45, 7) is 4.08. The van der Waals surface area contributed by atoms with Crippen molar-refractivity contribution in [3.8, 4) is 0 Å². The van der Waals surface area contributed by atoms with Crippen LogP contribution in [-0.4, -0.2) is 24.3 Å². The van der Waals surface area contributed by atoms with Crippen LogP contribution in [0.1, 0.15) is 26.7 Å². The minimum Gasteiger partial charge on any atom is -0.469 e. The van der Waals surface area contributed by atoms with Gasteiger partial charge in [-0.25, -0.2) is 0 Å². The van der Waals surface area contributed by atoms with Crippen molar-refractivity contribution in [3.63, 3.8) is 0 Å². The van der Waals surface area contributed by atoms with Crippen LogP contribution in [0.3, 0.4) is 0 Å². The van der Waals surface area contributed by atoms with E-state index >= 15 is 0 Å². The summed E-state index contributed by atoms with van der Waals surface area (Å²) in [5.41, 5.74) is 0.766. The fourth-order valence-electron chi connectivity index (χ4n) is 2.14. The van der Waals surface area contributed by atoms with Crippen molar-refractivity contribution in [1.82, 2.24) is 0 Å². The molecule has 0 aromatic heterocycles. The van der Waals surface area contributed by atoms with E-state index in [2.05, 4.69) is 10.8 Å². The molecule has 2 aliphatic rings. The number of hydrogen-bond acceptors (Lipinski definition) is 3. The van der Waals surface area contributed by atoms with E-state index in [1.54, 1.807) is 0 Å². The van der Waals surface area contributed by atoms with Gasteiger partial charge in [-0.2, -0.15) is 0 Å². The second-order valence-electron chi connectivity index (χ2n) is 3.97. The largest absolute Gasteiger partial charge is 0.469 e. The maximum absolute atomic E-state index is 11.1. The Labute approximate surface area is 77.7 Å². The van der Waals surface area contributed by atoms with Gasteiger partial charge in [0.2, 0.25) is 0 Å². The number of esters is 1. The van der Waals surface area contributed by atoms with Crippen LogP contribution in [0, 0.1) is 0 Å². The highest BCUT2D eigenvalue weighted by atomic mass is 16.6. The van der Waals surface area contributed by atoms with Crippen molar-refractivity contribution < 1.29 is 14.3 Å². The Morgan fingerprint density at radius 2 is 2.46 bits per heavy atom. The Hall–Kier alpha value is -0.830. The Morgan fingerprint density at radius 1 is 1.77 bits per heavy atom. The maximum atomic E-state index is 11.1. The summed E-state index contributed by atoms with van der Waals surface area (Å²) in [5.74, 6) is -0.188. The fraction of sp³-hybridized carbons (Fsp3) is 0.700. The van der Waals surface area contributed by atoms with Crippen molar-refractivity contribution in [2.24, 2.45) is 0 Å². The van der Waals surface area contributed by atoms with E-state index in [9.17, 15) is 4.79 Å². The van der Waals surface area contributed by atoms with Crippen LogP contribution in [-0.2, 0) is 14.3 Å². The number of hydrogen-bond donors (Lipinski definition) is 0. The fourth-order valence-corrected chi connectivity index (χ4v) is 2.14. The van der Waals surface area contributed by atoms with Crippen molar-refractivity contribution in [1.29, 1.82) is 0 Å². The molecule has 2 atom stereocenters. The number of rotatable bonds is 2. The average Bonchev–Trinajstić information content (AvgIpc) is 2.61. The lowest BCUT2D eigenvalue weighted by Crippen LogP contribution is -2.23. The molecule has 0 saturated carbocycles. The first-order chi connectivity index (χ1) is 6.04. The second-order valence-corrected chi connectivity index (χ2v) is 3.97. The van der Waals surface area contributed by atoms with Gasteiger partial charge in [-0.3, -0.25) is 4.79 Å². The van der Waals surface area contributed by atoms with Crippen LogP contribution in [0.25, 0.3) is 0 Å². The molecule has 3 heteroatoms. The third-order valence-corrected chi connectivity index (χ3v) is 3.38. The number of methoxy groups -OCH3 is 1. The molecule has 3 nitrogen and oxygen atoms in total. The third-order valence-electron chi connectivity index (χ3n) is 3.38. The molecule has 0 aromatic rings. The van der Waals surface area contributed by atoms with Crippen molar-refractivity contribution in [2.45, 2.75) is 37.9 Å². The molecule has 0 bridgehead atoms. The van der Waals surface area contributed by atoms with Gasteiger partial charge in [0.1, 0.15) is 11.2 Å². The summed E-state index contributed by atoms with van der Waals surface area (Å²) in [6.07, 6.45) is 3.35. The predicted octanol–water partition coefficient (Wildman–Crippen LogP) is 1.43. The third kappa shape index (κ3) is 0.967. The highest BCUT2D eigenvalue weighted by Crippen LogP contribution is 2.61. The summed E-state index contributed by atoms with van der Waals surface area (Å²) in [5, 5.41) is 0. The van der Waals surface area contributed by atoms with Gasteiger partial charge >= 0.3 is 5.97 Å². The summed E-state index contributed by atoms with van der Waals surface area (Å²) < 4.78 is 10.3. The van der Waals surface area contributed by atoms with Crippen LogP contribution >= 0.6 is 0 Å². The zero-order valence-electron chi connectivity index (χ0n) is 8.22. The highest BCUT2D eigenvalue weighted by molar-refractivity contribution is 5.72. The first kappa shape index (κ1) is 8.75. The van der Waals surface area contributed by atoms with Crippen LogP contribution in [0.15, 0.2) is 11.6 Å². The van der Waals surface area contributed by atoms with Crippen molar-refractivity contribution in [3.05, 3.63) is 11.6 Å². The lowest BCUT2D eigenvalue weighted by Gasteiger charge is -2.07. The average molecular weight is 182 g/mol. The van der Waals surface area contributed by atoms with Crippen molar-refractivity contribution in [2.75, 3.05) is 7.11 Å². The van der Waals surface area contributed by atoms with E-state index in [1.165, 1.54) is 12.7 Å². The minimum atomic E-state index is -0.274. The molecular weight excluding hydrogens is 168 g/mol. The smallest absolute Gasteiger partial charge is 0.308 e. The van der Waals surface area contributed by atoms with Gasteiger partial charge in [-0.1, -0.05) is 6.08 Å². The Morgan fingerprint density at radius 3 is 2.85 bits per heavy atom. The molecule has 1 heterocycles. The number of ether oxygens (including phenoxy) is 2. The molecular formula is C10H14O3. The Kier molecular flexibility index (Phi) is 1.58. The van der Waals surface area contributed by atoms with E-state index in [0.29, 0.717) is 6.42 Å². The predicted molar refractivity (Wildman–Crippen MR) is 47.2 cm³/mol. The molecule has 1 saturated heterocycles. The summed E-state index contributed by atoms with van der Waals surface area (Å²) in [7, 11) is 1.41. The zero-order chi connectivity index (χ0) is 9.69. The first-order valence-electron chi connectivity index (χ1n) is 4.48. The number of carbonyl (C=O) groups is 1. The minimum absolute atomic E-state index is 0.188. The van der Waals surface area contributed by atoms with E-state index in [-0.39, 0.29) is 17.2 Å². The molecule has 1 fully saturated rings. The molecule has 0 N–H and O–H groups in total. The van der Waals surface area contributed by atoms with E-state index in [4.69, 9.17) is 4.74 Å². The number of fused-ring (bicyclic) bond motifs is 1. The molecule has 1 aliphatic carbocycles. The zero-order valence-corrected chi connectivity index (χ0v) is 8.22. The van der Waals surface area contributed by atoms with Crippen molar-refractivity contribution >= 4 is 5.97 Å². The lowest BCUT2D eigenvalue weighted by atomic mass is 9.91. The van der Waals surface area contributed by atoms with Gasteiger partial charge in [-0.05, 0) is 25.8 Å². The number of carbonyl (C=O) groups excluding carboxylic acids is 1. The van der Waals surface area contributed by atoms with Crippen LogP contribution in [0.4, 0.5) is 0 Å². The SMILES string of the molecule is COC(=O)CC12CC=C(C)C1(C)O2. The lowest BCUT2D eigenvalue weighted by molar-refractivity contribution is -0.141. The quantitative estimate of drug-likeness (QED) is 0.368.